The van der Waals surface area contributed by atoms with Crippen molar-refractivity contribution in [3.05, 3.63) is 151 Å². The van der Waals surface area contributed by atoms with Gasteiger partial charge in [0.2, 0.25) is 5.88 Å². The maximum atomic E-state index is 15.0. The molecule has 0 fully saturated rings. The van der Waals surface area contributed by atoms with Gasteiger partial charge >= 0.3 is 20.4 Å². The molecule has 0 saturated heterocycles. The first kappa shape index (κ1) is 29.5. The van der Waals surface area contributed by atoms with Crippen molar-refractivity contribution in [1.29, 1.82) is 0 Å². The van der Waals surface area contributed by atoms with E-state index in [4.69, 9.17) is 9.47 Å². The normalized spacial score (nSPS) is 10.5. The summed E-state index contributed by atoms with van der Waals surface area (Å²) in [5, 5.41) is 0. The molecule has 0 aliphatic heterocycles. The summed E-state index contributed by atoms with van der Waals surface area (Å²) in [6, 6.07) is 37.6. The van der Waals surface area contributed by atoms with E-state index < -0.39 is 23.2 Å². The Morgan fingerprint density at radius 1 is 0.558 bits per heavy atom. The Labute approximate surface area is 259 Å². The van der Waals surface area contributed by atoms with Crippen molar-refractivity contribution in [2.75, 3.05) is 4.90 Å². The number of pyridine rings is 2. The van der Waals surface area contributed by atoms with Crippen LogP contribution < -0.4 is 14.4 Å². The van der Waals surface area contributed by atoms with Crippen molar-refractivity contribution < 1.29 is 43.1 Å². The van der Waals surface area contributed by atoms with Crippen LogP contribution in [0.25, 0.3) is 11.3 Å². The molecule has 9 heteroatoms. The van der Waals surface area contributed by atoms with Crippen LogP contribution in [0.2, 0.25) is 0 Å². The molecule has 0 aliphatic carbocycles. The van der Waals surface area contributed by atoms with E-state index in [2.05, 4.69) is 22.1 Å². The minimum absolute atomic E-state index is 0. The zero-order valence-electron chi connectivity index (χ0n) is 22.2. The van der Waals surface area contributed by atoms with Gasteiger partial charge in [-0.2, -0.15) is 0 Å². The SMILES string of the molecule is Fc1c(Oc2[c-]c(Oc3ccccn3)cc(N(c3ccccc3)c3ccccc3)c2)[c-]c(-c2ccccn2)c(F)c1F.[Pd+2]. The first-order valence-corrected chi connectivity index (χ1v) is 12.8. The number of benzene rings is 4. The summed E-state index contributed by atoms with van der Waals surface area (Å²) in [4.78, 5) is 10.2. The number of ether oxygens (including phenoxy) is 2. The van der Waals surface area contributed by atoms with Gasteiger partial charge in [-0.15, -0.1) is 12.1 Å². The molecule has 6 aromatic rings. The van der Waals surface area contributed by atoms with Gasteiger partial charge in [0.05, 0.1) is 11.6 Å². The second-order valence-corrected chi connectivity index (χ2v) is 8.93. The van der Waals surface area contributed by atoms with E-state index in [0.29, 0.717) is 5.69 Å². The summed E-state index contributed by atoms with van der Waals surface area (Å²) in [6.07, 6.45) is 2.98. The van der Waals surface area contributed by atoms with E-state index in [0.717, 1.165) is 11.4 Å². The molecule has 0 aliphatic rings. The molecule has 5 nitrogen and oxygen atoms in total. The van der Waals surface area contributed by atoms with Crippen molar-refractivity contribution >= 4 is 17.1 Å². The van der Waals surface area contributed by atoms with E-state index in [1.807, 2.05) is 65.6 Å². The largest absolute Gasteiger partial charge is 2.00 e. The molecule has 4 aromatic carbocycles. The second-order valence-electron chi connectivity index (χ2n) is 8.93. The van der Waals surface area contributed by atoms with Gasteiger partial charge in [0.1, 0.15) is 11.6 Å². The van der Waals surface area contributed by atoms with Gasteiger partial charge < -0.3 is 19.4 Å². The summed E-state index contributed by atoms with van der Waals surface area (Å²) >= 11 is 0. The van der Waals surface area contributed by atoms with Crippen LogP contribution in [0.1, 0.15) is 0 Å². The Kier molecular flexibility index (Phi) is 9.16. The van der Waals surface area contributed by atoms with Crippen molar-refractivity contribution in [2.24, 2.45) is 0 Å². The molecule has 2 aromatic heterocycles. The summed E-state index contributed by atoms with van der Waals surface area (Å²) in [5.74, 6) is -4.91. The van der Waals surface area contributed by atoms with Gasteiger partial charge in [-0.3, -0.25) is 8.78 Å². The zero-order chi connectivity index (χ0) is 28.9. The minimum Gasteiger partial charge on any atom is -0.500 e. The van der Waals surface area contributed by atoms with Crippen molar-refractivity contribution in [1.82, 2.24) is 9.97 Å². The number of para-hydroxylation sites is 2. The standard InChI is InChI=1S/C34H20F3N3O2.Pd/c35-32-28(29-15-7-9-17-38-29)22-30(33(36)34(32)37)41-26-19-25(20-27(21-26)42-31-16-8-10-18-39-31)40(23-11-3-1-4-12-23)24-13-5-2-6-14-24;/h1-20H;/q-2;+2. The maximum Gasteiger partial charge on any atom is 2.00 e. The number of hydrogen-bond acceptors (Lipinski definition) is 5. The molecule has 0 bridgehead atoms. The predicted molar refractivity (Wildman–Crippen MR) is 153 cm³/mol. The third-order valence-electron chi connectivity index (χ3n) is 6.12. The van der Waals surface area contributed by atoms with Crippen LogP contribution >= 0.6 is 0 Å². The number of anilines is 3. The van der Waals surface area contributed by atoms with E-state index in [-0.39, 0.29) is 49.1 Å². The van der Waals surface area contributed by atoms with Crippen LogP contribution in [0, 0.1) is 29.6 Å². The van der Waals surface area contributed by atoms with Gasteiger partial charge in [0.15, 0.2) is 0 Å². The van der Waals surface area contributed by atoms with Crippen molar-refractivity contribution in [3.8, 4) is 34.4 Å². The number of rotatable bonds is 8. The first-order chi connectivity index (χ1) is 20.6. The third kappa shape index (κ3) is 6.59. The number of hydrogen-bond donors (Lipinski definition) is 0. The molecule has 43 heavy (non-hydrogen) atoms. The molecule has 0 atom stereocenters. The molecule has 6 rings (SSSR count). The topological polar surface area (TPSA) is 47.5 Å². The molecule has 0 saturated carbocycles. The Morgan fingerprint density at radius 2 is 1.14 bits per heavy atom. The van der Waals surface area contributed by atoms with Crippen LogP contribution in [0.3, 0.4) is 0 Å². The van der Waals surface area contributed by atoms with Crippen LogP contribution in [-0.4, -0.2) is 9.97 Å². The summed E-state index contributed by atoms with van der Waals surface area (Å²) in [7, 11) is 0. The molecule has 0 radical (unpaired) electrons. The van der Waals surface area contributed by atoms with Crippen molar-refractivity contribution in [2.45, 2.75) is 0 Å². The second kappa shape index (κ2) is 13.3. The Bertz CT molecular complexity index is 1770. The van der Waals surface area contributed by atoms with Gasteiger partial charge in [0.25, 0.3) is 0 Å². The van der Waals surface area contributed by atoms with E-state index in [1.165, 1.54) is 12.3 Å². The molecule has 0 unspecified atom stereocenters. The third-order valence-corrected chi connectivity index (χ3v) is 6.12. The Balaban J connectivity index is 0.00000368. The van der Waals surface area contributed by atoms with Gasteiger partial charge in [-0.05, 0) is 42.1 Å². The first-order valence-electron chi connectivity index (χ1n) is 12.8. The molecular weight excluding hydrogens is 646 g/mol. The summed E-state index contributed by atoms with van der Waals surface area (Å²) in [6.45, 7) is 0. The van der Waals surface area contributed by atoms with Gasteiger partial charge in [-0.1, -0.05) is 78.0 Å². The average molecular weight is 666 g/mol. The van der Waals surface area contributed by atoms with Gasteiger partial charge in [0, 0.05) is 41.3 Å². The number of halogens is 3. The average Bonchev–Trinajstić information content (AvgIpc) is 3.03. The number of aromatic nitrogens is 2. The Hall–Kier alpha value is -4.97. The quantitative estimate of drug-likeness (QED) is 0.0922. The fourth-order valence-corrected chi connectivity index (χ4v) is 4.26. The minimum atomic E-state index is -1.71. The van der Waals surface area contributed by atoms with Crippen LogP contribution in [0.4, 0.5) is 30.2 Å². The molecule has 2 heterocycles. The fourth-order valence-electron chi connectivity index (χ4n) is 4.26. The Morgan fingerprint density at radius 3 is 1.72 bits per heavy atom. The van der Waals surface area contributed by atoms with Crippen LogP contribution in [0.15, 0.2) is 122 Å². The number of nitrogens with zero attached hydrogens (tertiary/aromatic N) is 3. The zero-order valence-corrected chi connectivity index (χ0v) is 23.7. The molecule has 0 amide bonds. The van der Waals surface area contributed by atoms with Gasteiger partial charge in [-0.25, -0.2) is 9.37 Å². The molecule has 214 valence electrons. The summed E-state index contributed by atoms with van der Waals surface area (Å²) < 4.78 is 56.3. The van der Waals surface area contributed by atoms with E-state index in [1.54, 1.807) is 48.7 Å². The summed E-state index contributed by atoms with van der Waals surface area (Å²) in [5.41, 5.74) is 1.87. The smallest absolute Gasteiger partial charge is 0.500 e. The molecular formula is C34H20F3N3O2Pd. The molecule has 0 spiro atoms. The van der Waals surface area contributed by atoms with Crippen LogP contribution in [-0.2, 0) is 20.4 Å². The fraction of sp³-hybridized carbons (Fsp3) is 0. The molecule has 0 N–H and O–H groups in total. The predicted octanol–water partition coefficient (Wildman–Crippen LogP) is 9.21. The monoisotopic (exact) mass is 665 g/mol. The van der Waals surface area contributed by atoms with E-state index >= 15 is 4.39 Å². The van der Waals surface area contributed by atoms with Crippen molar-refractivity contribution in [3.63, 3.8) is 0 Å². The maximum absolute atomic E-state index is 15.0. The van der Waals surface area contributed by atoms with E-state index in [9.17, 15) is 8.78 Å². The van der Waals surface area contributed by atoms with Crippen LogP contribution in [0.5, 0.6) is 23.1 Å².